The summed E-state index contributed by atoms with van der Waals surface area (Å²) in [4.78, 5) is 22.3. The molecule has 0 heterocycles. The third kappa shape index (κ3) is 6.39. The summed E-state index contributed by atoms with van der Waals surface area (Å²) in [6.07, 6.45) is 0.475. The monoisotopic (exact) mass is 306 g/mol. The van der Waals surface area contributed by atoms with E-state index in [-0.39, 0.29) is 5.92 Å². The number of hydrazone groups is 1. The maximum Gasteiger partial charge on any atom is 0.303 e. The molecule has 120 valence electrons. The number of esters is 2. The number of nitrogens with one attached hydrogen (secondary N) is 1. The first-order chi connectivity index (χ1) is 10.4. The molecule has 3 atom stereocenters. The first kappa shape index (κ1) is 17.7. The van der Waals surface area contributed by atoms with Crippen molar-refractivity contribution in [3.63, 3.8) is 0 Å². The number of anilines is 1. The van der Waals surface area contributed by atoms with Gasteiger partial charge in [0.2, 0.25) is 0 Å². The normalized spacial score (nSPS) is 14.9. The van der Waals surface area contributed by atoms with Gasteiger partial charge >= 0.3 is 11.9 Å². The molecule has 1 N–H and O–H groups in total. The molecule has 0 spiro atoms. The molecule has 0 radical (unpaired) electrons. The molecule has 0 saturated carbocycles. The molecule has 0 aliphatic carbocycles. The Morgan fingerprint density at radius 3 is 2.23 bits per heavy atom. The molecular weight excluding hydrogens is 284 g/mol. The van der Waals surface area contributed by atoms with Crippen LogP contribution in [-0.4, -0.2) is 30.4 Å². The largest absolute Gasteiger partial charge is 0.459 e. The van der Waals surface area contributed by atoms with E-state index in [1.54, 1.807) is 13.1 Å². The summed E-state index contributed by atoms with van der Waals surface area (Å²) in [6, 6.07) is 9.46. The highest BCUT2D eigenvalue weighted by Crippen LogP contribution is 2.14. The topological polar surface area (TPSA) is 77.0 Å². The Hall–Kier alpha value is -2.37. The molecule has 0 unspecified atom stereocenters. The van der Waals surface area contributed by atoms with Gasteiger partial charge in [0.15, 0.2) is 0 Å². The van der Waals surface area contributed by atoms with Crippen LogP contribution in [0.3, 0.4) is 0 Å². The number of hydrogen-bond acceptors (Lipinski definition) is 6. The van der Waals surface area contributed by atoms with E-state index in [0.29, 0.717) is 0 Å². The number of carbonyl (C=O) groups excluding carboxylic acids is 2. The van der Waals surface area contributed by atoms with Crippen LogP contribution in [0.4, 0.5) is 5.69 Å². The second kappa shape index (κ2) is 8.81. The molecule has 0 aliphatic heterocycles. The molecule has 1 aromatic rings. The van der Waals surface area contributed by atoms with Gasteiger partial charge in [-0.2, -0.15) is 5.10 Å². The van der Waals surface area contributed by atoms with E-state index in [1.165, 1.54) is 13.8 Å². The molecule has 1 aromatic carbocycles. The van der Waals surface area contributed by atoms with Crippen LogP contribution in [0.5, 0.6) is 0 Å². The highest BCUT2D eigenvalue weighted by molar-refractivity contribution is 5.69. The van der Waals surface area contributed by atoms with Gasteiger partial charge < -0.3 is 9.47 Å². The van der Waals surface area contributed by atoms with Crippen molar-refractivity contribution in [3.05, 3.63) is 30.3 Å². The van der Waals surface area contributed by atoms with Gasteiger partial charge in [0.25, 0.3) is 0 Å². The van der Waals surface area contributed by atoms with Gasteiger partial charge in [0.05, 0.1) is 5.69 Å². The minimum absolute atomic E-state index is 0.227. The quantitative estimate of drug-likeness (QED) is 0.476. The van der Waals surface area contributed by atoms with E-state index in [1.807, 2.05) is 37.3 Å². The molecule has 22 heavy (non-hydrogen) atoms. The number of carbonyl (C=O) groups is 2. The number of nitrogens with zero attached hydrogens (tertiary/aromatic N) is 1. The van der Waals surface area contributed by atoms with Gasteiger partial charge in [-0.1, -0.05) is 25.1 Å². The predicted octanol–water partition coefficient (Wildman–Crippen LogP) is 2.60. The number of para-hydroxylation sites is 1. The smallest absolute Gasteiger partial charge is 0.303 e. The average Bonchev–Trinajstić information content (AvgIpc) is 2.44. The van der Waals surface area contributed by atoms with Crippen molar-refractivity contribution in [1.29, 1.82) is 0 Å². The van der Waals surface area contributed by atoms with Crippen molar-refractivity contribution in [2.24, 2.45) is 11.0 Å². The summed E-state index contributed by atoms with van der Waals surface area (Å²) >= 11 is 0. The van der Waals surface area contributed by atoms with Gasteiger partial charge in [-0.3, -0.25) is 15.0 Å². The van der Waals surface area contributed by atoms with E-state index in [0.717, 1.165) is 5.69 Å². The lowest BCUT2D eigenvalue weighted by atomic mass is 10.0. The first-order valence-electron chi connectivity index (χ1n) is 7.09. The minimum atomic E-state index is -0.595. The lowest BCUT2D eigenvalue weighted by Crippen LogP contribution is -2.38. The maximum absolute atomic E-state index is 11.2. The van der Waals surface area contributed by atoms with Gasteiger partial charge in [0, 0.05) is 26.0 Å². The highest BCUT2D eigenvalue weighted by Gasteiger charge is 2.28. The third-order valence-corrected chi connectivity index (χ3v) is 2.91. The Morgan fingerprint density at radius 1 is 1.09 bits per heavy atom. The molecule has 0 aromatic heterocycles. The first-order valence-corrected chi connectivity index (χ1v) is 7.09. The van der Waals surface area contributed by atoms with Crippen LogP contribution in [0.2, 0.25) is 0 Å². The Labute approximate surface area is 130 Å². The number of hydrogen-bond donors (Lipinski definition) is 1. The summed E-state index contributed by atoms with van der Waals surface area (Å²) in [5, 5.41) is 4.12. The third-order valence-electron chi connectivity index (χ3n) is 2.91. The zero-order chi connectivity index (χ0) is 16.5. The summed E-state index contributed by atoms with van der Waals surface area (Å²) in [5.74, 6) is -1.08. The van der Waals surface area contributed by atoms with Crippen molar-refractivity contribution in [2.75, 3.05) is 5.43 Å². The lowest BCUT2D eigenvalue weighted by Gasteiger charge is -2.26. The Kier molecular flexibility index (Phi) is 7.08. The zero-order valence-electron chi connectivity index (χ0n) is 13.3. The molecule has 6 heteroatoms. The SMILES string of the molecule is CC(=O)O[C@@H]([C@H](C)OC(C)=O)[C@@H](C)/C=N/Nc1ccccc1. The average molecular weight is 306 g/mol. The molecule has 0 aliphatic rings. The molecule has 0 saturated heterocycles. The molecule has 1 rings (SSSR count). The highest BCUT2D eigenvalue weighted by atomic mass is 16.6. The van der Waals surface area contributed by atoms with Crippen LogP contribution in [0.1, 0.15) is 27.7 Å². The van der Waals surface area contributed by atoms with Gasteiger partial charge in [-0.25, -0.2) is 0 Å². The van der Waals surface area contributed by atoms with Crippen LogP contribution in [0.15, 0.2) is 35.4 Å². The van der Waals surface area contributed by atoms with Crippen molar-refractivity contribution < 1.29 is 19.1 Å². The lowest BCUT2D eigenvalue weighted by molar-refractivity contribution is -0.165. The summed E-state index contributed by atoms with van der Waals surface area (Å²) in [5.41, 5.74) is 3.73. The van der Waals surface area contributed by atoms with Gasteiger partial charge in [-0.05, 0) is 19.1 Å². The van der Waals surface area contributed by atoms with E-state index in [9.17, 15) is 9.59 Å². The number of benzene rings is 1. The predicted molar refractivity (Wildman–Crippen MR) is 84.5 cm³/mol. The molecule has 0 fully saturated rings. The van der Waals surface area contributed by atoms with Crippen LogP contribution in [0, 0.1) is 5.92 Å². The van der Waals surface area contributed by atoms with Crippen molar-refractivity contribution in [1.82, 2.24) is 0 Å². The fourth-order valence-electron chi connectivity index (χ4n) is 1.98. The number of rotatable bonds is 7. The minimum Gasteiger partial charge on any atom is -0.459 e. The molecule has 6 nitrogen and oxygen atoms in total. The second-order valence-electron chi connectivity index (χ2n) is 5.00. The molecular formula is C16H22N2O4. The zero-order valence-corrected chi connectivity index (χ0v) is 13.3. The van der Waals surface area contributed by atoms with E-state index in [4.69, 9.17) is 9.47 Å². The summed E-state index contributed by atoms with van der Waals surface area (Å²) in [7, 11) is 0. The second-order valence-corrected chi connectivity index (χ2v) is 5.00. The Bertz CT molecular complexity index is 516. The number of ether oxygens (including phenoxy) is 2. The molecule has 0 amide bonds. The summed E-state index contributed by atoms with van der Waals surface area (Å²) in [6.45, 7) is 6.16. The van der Waals surface area contributed by atoms with Crippen molar-refractivity contribution in [2.45, 2.75) is 39.9 Å². The van der Waals surface area contributed by atoms with Crippen LogP contribution >= 0.6 is 0 Å². The van der Waals surface area contributed by atoms with E-state index >= 15 is 0 Å². The summed E-state index contributed by atoms with van der Waals surface area (Å²) < 4.78 is 10.3. The van der Waals surface area contributed by atoms with Gasteiger partial charge in [0.1, 0.15) is 12.2 Å². The fourth-order valence-corrected chi connectivity index (χ4v) is 1.98. The van der Waals surface area contributed by atoms with Crippen molar-refractivity contribution >= 4 is 23.8 Å². The Morgan fingerprint density at radius 2 is 1.68 bits per heavy atom. The Balaban J connectivity index is 2.67. The van der Waals surface area contributed by atoms with Crippen LogP contribution < -0.4 is 5.43 Å². The molecule has 0 bridgehead atoms. The van der Waals surface area contributed by atoms with Crippen LogP contribution in [-0.2, 0) is 19.1 Å². The maximum atomic E-state index is 11.2. The van der Waals surface area contributed by atoms with Gasteiger partial charge in [-0.15, -0.1) is 0 Å². The van der Waals surface area contributed by atoms with E-state index < -0.39 is 24.1 Å². The van der Waals surface area contributed by atoms with Crippen molar-refractivity contribution in [3.8, 4) is 0 Å². The van der Waals surface area contributed by atoms with Crippen LogP contribution in [0.25, 0.3) is 0 Å². The fraction of sp³-hybridized carbons (Fsp3) is 0.438. The standard InChI is InChI=1S/C16H22N2O4/c1-11(10-17-18-15-8-6-5-7-9-15)16(22-14(4)20)12(2)21-13(3)19/h5-12,16,18H,1-4H3/b17-10+/t11-,12-,16+/m0/s1. The van der Waals surface area contributed by atoms with E-state index in [2.05, 4.69) is 10.5 Å².